The lowest BCUT2D eigenvalue weighted by molar-refractivity contribution is -0.113. The van der Waals surface area contributed by atoms with Crippen molar-refractivity contribution in [2.45, 2.75) is 120 Å². The Balaban J connectivity index is 0. The van der Waals surface area contributed by atoms with Crippen molar-refractivity contribution < 1.29 is 13.9 Å². The molecule has 0 spiro atoms. The number of unbranched alkanes of at least 4 members (excludes halogenated alkanes) is 2. The quantitative estimate of drug-likeness (QED) is 0.279. The van der Waals surface area contributed by atoms with Crippen LogP contribution in [0.1, 0.15) is 111 Å². The minimum atomic E-state index is -0.161. The molecule has 32 heavy (non-hydrogen) atoms. The summed E-state index contributed by atoms with van der Waals surface area (Å²) in [5, 5.41) is 0. The Morgan fingerprint density at radius 3 is 2.12 bits per heavy atom. The Bertz CT molecular complexity index is 750. The molecule has 0 fully saturated rings. The first-order chi connectivity index (χ1) is 15.2. The number of rotatable bonds is 9. The first-order valence-electron chi connectivity index (χ1n) is 12.4. The second-order valence-corrected chi connectivity index (χ2v) is 7.71. The van der Waals surface area contributed by atoms with Crippen molar-refractivity contribution >= 4 is 5.78 Å². The molecule has 0 saturated carbocycles. The number of halogens is 1. The molecule has 0 aliphatic rings. The maximum absolute atomic E-state index is 13.2. The van der Waals surface area contributed by atoms with Gasteiger partial charge in [-0.1, -0.05) is 66.2 Å². The van der Waals surface area contributed by atoms with Crippen LogP contribution in [-0.2, 0) is 4.79 Å². The summed E-state index contributed by atoms with van der Waals surface area (Å²) in [6, 6.07) is 3.32. The third-order valence-corrected chi connectivity index (χ3v) is 4.86. The summed E-state index contributed by atoms with van der Waals surface area (Å²) in [7, 11) is 0. The second kappa shape index (κ2) is 19.6. The number of aryl methyl sites for hydroxylation is 2. The fourth-order valence-corrected chi connectivity index (χ4v) is 2.99. The summed E-state index contributed by atoms with van der Waals surface area (Å²) in [4.78, 5) is 11.3. The van der Waals surface area contributed by atoms with Crippen LogP contribution in [0, 0.1) is 31.5 Å². The van der Waals surface area contributed by atoms with Gasteiger partial charge in [0.25, 0.3) is 0 Å². The minimum absolute atomic E-state index is 0.161. The van der Waals surface area contributed by atoms with Crippen molar-refractivity contribution in [2.24, 2.45) is 0 Å². The van der Waals surface area contributed by atoms with Crippen molar-refractivity contribution in [3.63, 3.8) is 0 Å². The Labute approximate surface area is 198 Å². The normalized spacial score (nSPS) is 11.5. The van der Waals surface area contributed by atoms with Gasteiger partial charge >= 0.3 is 0 Å². The van der Waals surface area contributed by atoms with E-state index in [-0.39, 0.29) is 17.7 Å². The first-order valence-corrected chi connectivity index (χ1v) is 12.4. The average Bonchev–Trinajstić information content (AvgIpc) is 2.77. The molecule has 0 N–H and O–H groups in total. The highest BCUT2D eigenvalue weighted by Crippen LogP contribution is 2.23. The van der Waals surface area contributed by atoms with Crippen LogP contribution in [0.5, 0.6) is 5.75 Å². The summed E-state index contributed by atoms with van der Waals surface area (Å²) in [5.41, 5.74) is 3.43. The summed E-state index contributed by atoms with van der Waals surface area (Å²) in [6.45, 7) is 19.7. The molecule has 1 rings (SSSR count). The van der Waals surface area contributed by atoms with Gasteiger partial charge in [-0.15, -0.1) is 0 Å². The number of benzene rings is 1. The van der Waals surface area contributed by atoms with Gasteiger partial charge in [0.2, 0.25) is 0 Å². The van der Waals surface area contributed by atoms with E-state index < -0.39 is 0 Å². The van der Waals surface area contributed by atoms with Crippen LogP contribution < -0.4 is 4.74 Å². The van der Waals surface area contributed by atoms with Gasteiger partial charge in [-0.25, -0.2) is 4.39 Å². The number of carbonyl (C=O) groups excluding carboxylic acids is 1. The first kappa shape index (κ1) is 32.1. The SMILES string of the molecule is CC.CCCC#C/C(CC)=C(/CC)C(C)=O.CCCCC(C)Oc1cc(C)c(F)cc1C. The number of ketones is 1. The van der Waals surface area contributed by atoms with E-state index >= 15 is 0 Å². The van der Waals surface area contributed by atoms with E-state index in [1.165, 1.54) is 18.9 Å². The fraction of sp³-hybridized carbons (Fsp3) is 0.621. The van der Waals surface area contributed by atoms with E-state index in [1.54, 1.807) is 19.9 Å². The van der Waals surface area contributed by atoms with E-state index in [2.05, 4.69) is 39.5 Å². The maximum atomic E-state index is 13.2. The molecule has 1 aromatic rings. The number of hydrogen-bond donors (Lipinski definition) is 0. The minimum Gasteiger partial charge on any atom is -0.490 e. The highest BCUT2D eigenvalue weighted by atomic mass is 19.1. The zero-order valence-corrected chi connectivity index (χ0v) is 22.4. The van der Waals surface area contributed by atoms with Gasteiger partial charge in [0.1, 0.15) is 11.6 Å². The van der Waals surface area contributed by atoms with Gasteiger partial charge in [-0.2, -0.15) is 0 Å². The van der Waals surface area contributed by atoms with Gasteiger partial charge in [0.15, 0.2) is 5.78 Å². The molecular weight excluding hydrogens is 399 g/mol. The molecule has 1 aromatic carbocycles. The highest BCUT2D eigenvalue weighted by Gasteiger charge is 2.09. The van der Waals surface area contributed by atoms with Crippen molar-refractivity contribution in [3.8, 4) is 17.6 Å². The van der Waals surface area contributed by atoms with Crippen molar-refractivity contribution in [1.82, 2.24) is 0 Å². The lowest BCUT2D eigenvalue weighted by Gasteiger charge is -2.16. The standard InChI is InChI=1S/C14H21FO.C13H20O.C2H6/c1-5-6-7-12(4)16-14-9-10(2)13(15)8-11(14)3;1-5-8-9-10-12(6-2)13(7-3)11(4)14;1-2/h8-9,12H,5-7H2,1-4H3;5-8H2,1-4H3;1-2H3/b;13-12-;. The molecule has 0 aromatic heterocycles. The summed E-state index contributed by atoms with van der Waals surface area (Å²) in [6.07, 6.45) is 7.23. The van der Waals surface area contributed by atoms with Crippen LogP contribution in [0.4, 0.5) is 4.39 Å². The number of carbonyl (C=O) groups is 1. The van der Waals surface area contributed by atoms with E-state index in [1.807, 2.05) is 27.7 Å². The van der Waals surface area contributed by atoms with Crippen LogP contribution in [0.2, 0.25) is 0 Å². The average molecular weight is 447 g/mol. The number of hydrogen-bond acceptors (Lipinski definition) is 2. The van der Waals surface area contributed by atoms with E-state index in [4.69, 9.17) is 4.74 Å². The lowest BCUT2D eigenvalue weighted by Crippen LogP contribution is -2.12. The molecule has 0 aliphatic heterocycles. The van der Waals surface area contributed by atoms with Gasteiger partial charge in [-0.05, 0) is 76.6 Å². The maximum Gasteiger partial charge on any atom is 0.156 e. The monoisotopic (exact) mass is 446 g/mol. The zero-order valence-electron chi connectivity index (χ0n) is 22.4. The third-order valence-electron chi connectivity index (χ3n) is 4.86. The van der Waals surface area contributed by atoms with Crippen LogP contribution in [-0.4, -0.2) is 11.9 Å². The molecule has 1 unspecified atom stereocenters. The van der Waals surface area contributed by atoms with Crippen molar-refractivity contribution in [3.05, 3.63) is 40.2 Å². The van der Waals surface area contributed by atoms with Gasteiger partial charge in [-0.3, -0.25) is 4.79 Å². The Morgan fingerprint density at radius 1 is 1.03 bits per heavy atom. The van der Waals surface area contributed by atoms with Crippen LogP contribution in [0.15, 0.2) is 23.3 Å². The van der Waals surface area contributed by atoms with Crippen LogP contribution in [0.3, 0.4) is 0 Å². The molecule has 0 saturated heterocycles. The summed E-state index contributed by atoms with van der Waals surface area (Å²) >= 11 is 0. The molecule has 1 atom stereocenters. The number of Topliss-reactive ketones (excluding diaryl/α,β-unsaturated/α-hetero) is 1. The van der Waals surface area contributed by atoms with E-state index in [0.29, 0.717) is 5.56 Å². The largest absolute Gasteiger partial charge is 0.490 e. The zero-order chi connectivity index (χ0) is 25.1. The van der Waals surface area contributed by atoms with E-state index in [9.17, 15) is 9.18 Å². The topological polar surface area (TPSA) is 26.3 Å². The molecule has 0 radical (unpaired) electrons. The number of allylic oxidation sites excluding steroid dienone is 2. The smallest absolute Gasteiger partial charge is 0.156 e. The molecule has 0 bridgehead atoms. The predicted molar refractivity (Wildman–Crippen MR) is 138 cm³/mol. The molecular formula is C29H47FO2. The van der Waals surface area contributed by atoms with Crippen molar-refractivity contribution in [2.75, 3.05) is 0 Å². The van der Waals surface area contributed by atoms with E-state index in [0.717, 1.165) is 54.6 Å². The third kappa shape index (κ3) is 13.4. The molecule has 182 valence electrons. The second-order valence-electron chi connectivity index (χ2n) is 7.71. The van der Waals surface area contributed by atoms with Gasteiger partial charge in [0, 0.05) is 17.6 Å². The molecule has 0 aliphatic carbocycles. The molecule has 0 heterocycles. The Hall–Kier alpha value is -2.08. The summed E-state index contributed by atoms with van der Waals surface area (Å²) < 4.78 is 19.1. The van der Waals surface area contributed by atoms with Crippen molar-refractivity contribution in [1.29, 1.82) is 0 Å². The Morgan fingerprint density at radius 2 is 1.66 bits per heavy atom. The summed E-state index contributed by atoms with van der Waals surface area (Å²) in [5.74, 6) is 7.02. The number of ether oxygens (including phenoxy) is 1. The highest BCUT2D eigenvalue weighted by molar-refractivity contribution is 5.94. The Kier molecular flexibility index (Phi) is 19.7. The molecule has 2 nitrogen and oxygen atoms in total. The van der Waals surface area contributed by atoms with Crippen LogP contribution >= 0.6 is 0 Å². The van der Waals surface area contributed by atoms with Gasteiger partial charge in [0.05, 0.1) is 6.10 Å². The van der Waals surface area contributed by atoms with Crippen LogP contribution in [0.25, 0.3) is 0 Å². The lowest BCUT2D eigenvalue weighted by atomic mass is 10.0. The predicted octanol–water partition coefficient (Wildman–Crippen LogP) is 8.92. The van der Waals surface area contributed by atoms with Gasteiger partial charge < -0.3 is 4.74 Å². The molecule has 0 amide bonds. The molecule has 3 heteroatoms. The fourth-order valence-electron chi connectivity index (χ4n) is 2.99.